The van der Waals surface area contributed by atoms with Gasteiger partial charge < -0.3 is 4.90 Å². The molecule has 3 aromatic carbocycles. The summed E-state index contributed by atoms with van der Waals surface area (Å²) in [5.41, 5.74) is 4.90. The van der Waals surface area contributed by atoms with Gasteiger partial charge in [0.15, 0.2) is 0 Å². The Morgan fingerprint density at radius 1 is 0.615 bits per heavy atom. The van der Waals surface area contributed by atoms with Gasteiger partial charge in [-0.2, -0.15) is 0 Å². The number of para-hydroxylation sites is 2. The Morgan fingerprint density at radius 3 is 1.69 bits per heavy atom. The van der Waals surface area contributed by atoms with Crippen LogP contribution in [0.2, 0.25) is 0 Å². The van der Waals surface area contributed by atoms with E-state index in [0.29, 0.717) is 0 Å². The van der Waals surface area contributed by atoms with Gasteiger partial charge in [0.25, 0.3) is 0 Å². The fraction of sp³-hybridized carbons (Fsp3) is 0.200. The van der Waals surface area contributed by atoms with Crippen molar-refractivity contribution in [3.8, 4) is 12.3 Å². The lowest BCUT2D eigenvalue weighted by molar-refractivity contribution is 0.693. The van der Waals surface area contributed by atoms with Crippen LogP contribution in [0, 0.1) is 12.3 Å². The van der Waals surface area contributed by atoms with Crippen LogP contribution in [0.25, 0.3) is 0 Å². The van der Waals surface area contributed by atoms with E-state index < -0.39 is 0 Å². The van der Waals surface area contributed by atoms with Gasteiger partial charge in [-0.05, 0) is 61.2 Å². The van der Waals surface area contributed by atoms with E-state index in [1.165, 1.54) is 35.5 Å². The maximum Gasteiger partial charge on any atom is 0.0461 e. The lowest BCUT2D eigenvalue weighted by Crippen LogP contribution is -2.09. The van der Waals surface area contributed by atoms with Gasteiger partial charge in [0.2, 0.25) is 0 Å². The van der Waals surface area contributed by atoms with Crippen LogP contribution in [0.4, 0.5) is 17.1 Å². The highest BCUT2D eigenvalue weighted by Gasteiger charge is 2.11. The summed E-state index contributed by atoms with van der Waals surface area (Å²) in [7, 11) is 0. The molecule has 0 fully saturated rings. The zero-order valence-corrected chi connectivity index (χ0v) is 15.1. The highest BCUT2D eigenvalue weighted by atomic mass is 15.1. The zero-order chi connectivity index (χ0) is 18.0. The quantitative estimate of drug-likeness (QED) is 0.319. The van der Waals surface area contributed by atoms with Gasteiger partial charge in [-0.25, -0.2) is 0 Å². The molecule has 0 heterocycles. The number of terminal acetylenes is 1. The third-order valence-electron chi connectivity index (χ3n) is 4.51. The van der Waals surface area contributed by atoms with Crippen molar-refractivity contribution in [1.29, 1.82) is 0 Å². The fourth-order valence-corrected chi connectivity index (χ4v) is 3.15. The fourth-order valence-electron chi connectivity index (χ4n) is 3.15. The summed E-state index contributed by atoms with van der Waals surface area (Å²) >= 11 is 0. The van der Waals surface area contributed by atoms with Gasteiger partial charge >= 0.3 is 0 Å². The van der Waals surface area contributed by atoms with Crippen molar-refractivity contribution in [3.05, 3.63) is 90.5 Å². The van der Waals surface area contributed by atoms with Crippen LogP contribution >= 0.6 is 0 Å². The van der Waals surface area contributed by atoms with E-state index in [-0.39, 0.29) is 0 Å². The summed E-state index contributed by atoms with van der Waals surface area (Å²) in [5.74, 6) is 2.71. The predicted octanol–water partition coefficient (Wildman–Crippen LogP) is 6.89. The van der Waals surface area contributed by atoms with E-state index in [1.54, 1.807) is 0 Å². The van der Waals surface area contributed by atoms with Crippen LogP contribution in [0.5, 0.6) is 0 Å². The summed E-state index contributed by atoms with van der Waals surface area (Å²) in [4.78, 5) is 2.29. The molecule has 0 spiro atoms. The molecule has 0 saturated heterocycles. The molecule has 0 unspecified atom stereocenters. The van der Waals surface area contributed by atoms with Gasteiger partial charge in [0, 0.05) is 23.5 Å². The zero-order valence-electron chi connectivity index (χ0n) is 15.1. The largest absolute Gasteiger partial charge is 0.311 e. The Morgan fingerprint density at radius 2 is 1.15 bits per heavy atom. The average molecular weight is 339 g/mol. The van der Waals surface area contributed by atoms with Crippen LogP contribution in [-0.2, 0) is 6.42 Å². The number of hydrogen-bond acceptors (Lipinski definition) is 1. The van der Waals surface area contributed by atoms with E-state index in [1.807, 2.05) is 0 Å². The molecule has 0 N–H and O–H groups in total. The molecule has 26 heavy (non-hydrogen) atoms. The molecule has 0 aromatic heterocycles. The molecule has 0 amide bonds. The van der Waals surface area contributed by atoms with Crippen molar-refractivity contribution in [2.45, 2.75) is 32.1 Å². The lowest BCUT2D eigenvalue weighted by atomic mass is 10.1. The second-order valence-electron chi connectivity index (χ2n) is 6.44. The number of unbranched alkanes of at least 4 members (excludes halogenated alkanes) is 3. The maximum atomic E-state index is 5.31. The average Bonchev–Trinajstić information content (AvgIpc) is 2.71. The van der Waals surface area contributed by atoms with E-state index >= 15 is 0 Å². The molecule has 1 heteroatoms. The van der Waals surface area contributed by atoms with Gasteiger partial charge in [0.1, 0.15) is 0 Å². The first-order valence-electron chi connectivity index (χ1n) is 9.31. The van der Waals surface area contributed by atoms with Crippen LogP contribution < -0.4 is 4.90 Å². The Bertz CT molecular complexity index is 774. The Hall–Kier alpha value is -2.98. The first kappa shape index (κ1) is 17.8. The highest BCUT2D eigenvalue weighted by molar-refractivity contribution is 5.76. The van der Waals surface area contributed by atoms with Crippen LogP contribution in [0.3, 0.4) is 0 Å². The predicted molar refractivity (Wildman–Crippen MR) is 112 cm³/mol. The third-order valence-corrected chi connectivity index (χ3v) is 4.51. The van der Waals surface area contributed by atoms with E-state index in [2.05, 4.69) is 95.7 Å². The molecule has 0 aliphatic carbocycles. The molecule has 0 atom stereocenters. The van der Waals surface area contributed by atoms with Crippen molar-refractivity contribution >= 4 is 17.1 Å². The second kappa shape index (κ2) is 9.49. The topological polar surface area (TPSA) is 3.24 Å². The standard InChI is InChI=1S/C25H25N/c1-2-3-4-5-8-13-22-18-20-25(21-19-22)26(23-14-9-6-10-15-23)24-16-11-7-12-17-24/h1,6-7,9-12,14-21H,3-5,8,13H2. The number of hydrogen-bond donors (Lipinski definition) is 0. The number of nitrogens with zero attached hydrogens (tertiary/aromatic N) is 1. The normalized spacial score (nSPS) is 10.3. The number of benzene rings is 3. The molecule has 0 saturated carbocycles. The number of rotatable bonds is 8. The van der Waals surface area contributed by atoms with Crippen LogP contribution in [-0.4, -0.2) is 0 Å². The van der Waals surface area contributed by atoms with Gasteiger partial charge in [0.05, 0.1) is 0 Å². The van der Waals surface area contributed by atoms with Crippen LogP contribution in [0.1, 0.15) is 31.2 Å². The second-order valence-corrected chi connectivity index (χ2v) is 6.44. The summed E-state index contributed by atoms with van der Waals surface area (Å²) in [6.07, 6.45) is 10.8. The number of anilines is 3. The maximum absolute atomic E-state index is 5.31. The first-order valence-corrected chi connectivity index (χ1v) is 9.31. The van der Waals surface area contributed by atoms with Gasteiger partial charge in [-0.3, -0.25) is 0 Å². The van der Waals surface area contributed by atoms with E-state index in [4.69, 9.17) is 6.42 Å². The Kier molecular flexibility index (Phi) is 6.51. The van der Waals surface area contributed by atoms with E-state index in [9.17, 15) is 0 Å². The molecule has 0 bridgehead atoms. The molecular weight excluding hydrogens is 314 g/mol. The monoisotopic (exact) mass is 339 g/mol. The Balaban J connectivity index is 1.76. The minimum absolute atomic E-state index is 0.891. The minimum atomic E-state index is 0.891. The van der Waals surface area contributed by atoms with Crippen molar-refractivity contribution < 1.29 is 0 Å². The summed E-state index contributed by atoms with van der Waals surface area (Å²) < 4.78 is 0. The number of aryl methyl sites for hydroxylation is 1. The van der Waals surface area contributed by atoms with Crippen molar-refractivity contribution in [2.75, 3.05) is 4.90 Å². The van der Waals surface area contributed by atoms with Crippen molar-refractivity contribution in [3.63, 3.8) is 0 Å². The summed E-state index contributed by atoms with van der Waals surface area (Å²) in [5, 5.41) is 0. The lowest BCUT2D eigenvalue weighted by Gasteiger charge is -2.25. The van der Waals surface area contributed by atoms with Gasteiger partial charge in [-0.15, -0.1) is 12.3 Å². The highest BCUT2D eigenvalue weighted by Crippen LogP contribution is 2.34. The van der Waals surface area contributed by atoms with Crippen LogP contribution in [0.15, 0.2) is 84.9 Å². The van der Waals surface area contributed by atoms with Crippen molar-refractivity contribution in [2.24, 2.45) is 0 Å². The van der Waals surface area contributed by atoms with Gasteiger partial charge in [-0.1, -0.05) is 55.0 Å². The Labute approximate surface area is 157 Å². The molecule has 0 aliphatic heterocycles. The molecular formula is C25H25N. The molecule has 3 rings (SSSR count). The smallest absolute Gasteiger partial charge is 0.0461 e. The first-order chi connectivity index (χ1) is 12.9. The third kappa shape index (κ3) is 4.77. The summed E-state index contributed by atoms with van der Waals surface area (Å²) in [6, 6.07) is 29.9. The van der Waals surface area contributed by atoms with Crippen molar-refractivity contribution in [1.82, 2.24) is 0 Å². The minimum Gasteiger partial charge on any atom is -0.311 e. The molecule has 130 valence electrons. The molecule has 1 nitrogen and oxygen atoms in total. The molecule has 0 aliphatic rings. The molecule has 3 aromatic rings. The summed E-state index contributed by atoms with van der Waals surface area (Å²) in [6.45, 7) is 0. The van der Waals surface area contributed by atoms with E-state index in [0.717, 1.165) is 19.3 Å². The molecule has 0 radical (unpaired) electrons. The SMILES string of the molecule is C#CCCCCCc1ccc(N(c2ccccc2)c2ccccc2)cc1.